The average molecular weight is 262 g/mol. The van der Waals surface area contributed by atoms with E-state index >= 15 is 0 Å². The molecule has 0 spiro atoms. The van der Waals surface area contributed by atoms with Crippen molar-refractivity contribution >= 4 is 11.7 Å². The highest BCUT2D eigenvalue weighted by Crippen LogP contribution is 2.05. The summed E-state index contributed by atoms with van der Waals surface area (Å²) in [7, 11) is 3.42. The van der Waals surface area contributed by atoms with Crippen molar-refractivity contribution in [2.75, 3.05) is 20.7 Å². The summed E-state index contributed by atoms with van der Waals surface area (Å²) in [5, 5.41) is 0. The number of methoxy groups -OCH3 is 1. The minimum atomic E-state index is -0.162. The molecule has 0 aliphatic rings. The third-order valence-electron chi connectivity index (χ3n) is 2.87. The van der Waals surface area contributed by atoms with E-state index in [1.54, 1.807) is 6.20 Å². The number of ether oxygens (including phenoxy) is 1. The van der Waals surface area contributed by atoms with Crippen molar-refractivity contribution in [1.82, 2.24) is 19.3 Å². The van der Waals surface area contributed by atoms with Crippen LogP contribution in [0.2, 0.25) is 0 Å². The van der Waals surface area contributed by atoms with Crippen LogP contribution in [0.25, 0.3) is 5.78 Å². The lowest BCUT2D eigenvalue weighted by atomic mass is 10.3. The van der Waals surface area contributed by atoms with E-state index in [9.17, 15) is 4.79 Å². The fourth-order valence-corrected chi connectivity index (χ4v) is 1.91. The summed E-state index contributed by atoms with van der Waals surface area (Å²) in [6, 6.07) is 1.87. The molecular weight excluding hydrogens is 244 g/mol. The van der Waals surface area contributed by atoms with Gasteiger partial charge in [0.15, 0.2) is 0 Å². The lowest BCUT2D eigenvalue weighted by Gasteiger charge is -2.14. The predicted octanol–water partition coefficient (Wildman–Crippen LogP) is 1.11. The largest absolute Gasteiger partial charge is 0.469 e. The van der Waals surface area contributed by atoms with Crippen LogP contribution in [0.3, 0.4) is 0 Å². The van der Waals surface area contributed by atoms with E-state index in [-0.39, 0.29) is 5.97 Å². The van der Waals surface area contributed by atoms with Gasteiger partial charge in [-0.2, -0.15) is 0 Å². The van der Waals surface area contributed by atoms with Crippen molar-refractivity contribution in [3.63, 3.8) is 0 Å². The van der Waals surface area contributed by atoms with Crippen molar-refractivity contribution in [2.45, 2.75) is 19.4 Å². The first-order chi connectivity index (χ1) is 9.19. The SMILES string of the molecule is COC(=O)CCCN(C)Cc1cn2cccnc2n1. The molecule has 0 saturated carbocycles. The van der Waals surface area contributed by atoms with Gasteiger partial charge < -0.3 is 9.64 Å². The number of fused-ring (bicyclic) bond motifs is 1. The van der Waals surface area contributed by atoms with E-state index in [4.69, 9.17) is 0 Å². The van der Waals surface area contributed by atoms with Gasteiger partial charge in [-0.05, 0) is 26.1 Å². The molecule has 0 saturated heterocycles. The van der Waals surface area contributed by atoms with Gasteiger partial charge in [0.1, 0.15) is 0 Å². The molecule has 6 nitrogen and oxygen atoms in total. The second-order valence-corrected chi connectivity index (χ2v) is 4.48. The van der Waals surface area contributed by atoms with E-state index in [1.165, 1.54) is 7.11 Å². The van der Waals surface area contributed by atoms with Crippen LogP contribution in [-0.2, 0) is 16.1 Å². The van der Waals surface area contributed by atoms with Gasteiger partial charge in [-0.3, -0.25) is 9.20 Å². The number of hydrogen-bond acceptors (Lipinski definition) is 5. The van der Waals surface area contributed by atoms with Crippen molar-refractivity contribution < 1.29 is 9.53 Å². The summed E-state index contributed by atoms with van der Waals surface area (Å²) in [5.74, 6) is 0.547. The lowest BCUT2D eigenvalue weighted by Crippen LogP contribution is -2.20. The highest BCUT2D eigenvalue weighted by Gasteiger charge is 2.07. The summed E-state index contributed by atoms with van der Waals surface area (Å²) in [6.07, 6.45) is 6.86. The number of esters is 1. The van der Waals surface area contributed by atoms with Crippen molar-refractivity contribution in [2.24, 2.45) is 0 Å². The van der Waals surface area contributed by atoms with Crippen LogP contribution in [0, 0.1) is 0 Å². The van der Waals surface area contributed by atoms with Crippen LogP contribution in [0.15, 0.2) is 24.7 Å². The number of imidazole rings is 1. The Kier molecular flexibility index (Phi) is 4.46. The Morgan fingerprint density at radius 1 is 1.53 bits per heavy atom. The maximum Gasteiger partial charge on any atom is 0.305 e. The van der Waals surface area contributed by atoms with E-state index < -0.39 is 0 Å². The minimum Gasteiger partial charge on any atom is -0.469 e. The molecule has 0 unspecified atom stereocenters. The molecule has 2 heterocycles. The van der Waals surface area contributed by atoms with Crippen molar-refractivity contribution in [3.8, 4) is 0 Å². The number of nitrogens with zero attached hydrogens (tertiary/aromatic N) is 4. The zero-order valence-electron chi connectivity index (χ0n) is 11.2. The molecule has 0 atom stereocenters. The molecule has 2 aromatic rings. The zero-order chi connectivity index (χ0) is 13.7. The normalized spacial score (nSPS) is 11.1. The van der Waals surface area contributed by atoms with Crippen LogP contribution in [-0.4, -0.2) is 45.9 Å². The van der Waals surface area contributed by atoms with Gasteiger partial charge in [-0.25, -0.2) is 9.97 Å². The molecule has 0 radical (unpaired) electrons. The molecule has 102 valence electrons. The minimum absolute atomic E-state index is 0.162. The quantitative estimate of drug-likeness (QED) is 0.730. The molecule has 6 heteroatoms. The Balaban J connectivity index is 1.84. The topological polar surface area (TPSA) is 59.7 Å². The summed E-state index contributed by atoms with van der Waals surface area (Å²) < 4.78 is 6.51. The van der Waals surface area contributed by atoms with Gasteiger partial charge in [0.2, 0.25) is 5.78 Å². The van der Waals surface area contributed by atoms with Gasteiger partial charge in [0, 0.05) is 31.6 Å². The van der Waals surface area contributed by atoms with Gasteiger partial charge in [0.05, 0.1) is 12.8 Å². The molecule has 0 fully saturated rings. The molecular formula is C13H18N4O2. The first-order valence-electron chi connectivity index (χ1n) is 6.23. The van der Waals surface area contributed by atoms with Gasteiger partial charge >= 0.3 is 5.97 Å². The predicted molar refractivity (Wildman–Crippen MR) is 70.6 cm³/mol. The smallest absolute Gasteiger partial charge is 0.305 e. The van der Waals surface area contributed by atoms with E-state index in [0.717, 1.165) is 25.2 Å². The van der Waals surface area contributed by atoms with Gasteiger partial charge in [-0.15, -0.1) is 0 Å². The number of aromatic nitrogens is 3. The Labute approximate surface area is 112 Å². The first-order valence-corrected chi connectivity index (χ1v) is 6.23. The van der Waals surface area contributed by atoms with Crippen LogP contribution in [0.1, 0.15) is 18.5 Å². The molecule has 0 bridgehead atoms. The number of carbonyl (C=O) groups is 1. The Morgan fingerprint density at radius 3 is 3.11 bits per heavy atom. The van der Waals surface area contributed by atoms with E-state index in [1.807, 2.05) is 29.9 Å². The Morgan fingerprint density at radius 2 is 2.37 bits per heavy atom. The highest BCUT2D eigenvalue weighted by molar-refractivity contribution is 5.69. The fourth-order valence-electron chi connectivity index (χ4n) is 1.91. The Bertz CT molecular complexity index is 519. The van der Waals surface area contributed by atoms with Crippen LogP contribution < -0.4 is 0 Å². The third-order valence-corrected chi connectivity index (χ3v) is 2.87. The maximum atomic E-state index is 11.0. The lowest BCUT2D eigenvalue weighted by molar-refractivity contribution is -0.140. The molecule has 2 rings (SSSR count). The third kappa shape index (κ3) is 3.75. The standard InChI is InChI=1S/C13H18N4O2/c1-16(7-3-5-12(18)19-2)9-11-10-17-8-4-6-14-13(17)15-11/h4,6,8,10H,3,5,7,9H2,1-2H3. The molecule has 0 aliphatic carbocycles. The molecule has 0 aliphatic heterocycles. The van der Waals surface area contributed by atoms with Gasteiger partial charge in [-0.1, -0.05) is 0 Å². The molecule has 2 aromatic heterocycles. The van der Waals surface area contributed by atoms with Crippen LogP contribution >= 0.6 is 0 Å². The van der Waals surface area contributed by atoms with E-state index in [0.29, 0.717) is 12.2 Å². The zero-order valence-corrected chi connectivity index (χ0v) is 11.2. The number of hydrogen-bond donors (Lipinski definition) is 0. The molecule has 0 N–H and O–H groups in total. The molecule has 0 aromatic carbocycles. The highest BCUT2D eigenvalue weighted by atomic mass is 16.5. The summed E-state index contributed by atoms with van der Waals surface area (Å²) in [5.41, 5.74) is 0.972. The summed E-state index contributed by atoms with van der Waals surface area (Å²) >= 11 is 0. The van der Waals surface area contributed by atoms with E-state index in [2.05, 4.69) is 19.6 Å². The van der Waals surface area contributed by atoms with Gasteiger partial charge in [0.25, 0.3) is 0 Å². The number of rotatable bonds is 6. The monoisotopic (exact) mass is 262 g/mol. The van der Waals surface area contributed by atoms with Crippen LogP contribution in [0.4, 0.5) is 0 Å². The summed E-state index contributed by atoms with van der Waals surface area (Å²) in [6.45, 7) is 1.57. The van der Waals surface area contributed by atoms with Crippen molar-refractivity contribution in [1.29, 1.82) is 0 Å². The average Bonchev–Trinajstić information content (AvgIpc) is 2.80. The fraction of sp³-hybridized carbons (Fsp3) is 0.462. The second kappa shape index (κ2) is 6.29. The number of carbonyl (C=O) groups excluding carboxylic acids is 1. The first kappa shape index (κ1) is 13.5. The van der Waals surface area contributed by atoms with Crippen molar-refractivity contribution in [3.05, 3.63) is 30.4 Å². The summed E-state index contributed by atoms with van der Waals surface area (Å²) in [4.78, 5) is 21.7. The second-order valence-electron chi connectivity index (χ2n) is 4.48. The van der Waals surface area contributed by atoms with Crippen LogP contribution in [0.5, 0.6) is 0 Å². The Hall–Kier alpha value is -1.95. The molecule has 0 amide bonds. The maximum absolute atomic E-state index is 11.0. The molecule has 19 heavy (non-hydrogen) atoms.